The second-order valence-electron chi connectivity index (χ2n) is 4.80. The quantitative estimate of drug-likeness (QED) is 0.850. The summed E-state index contributed by atoms with van der Waals surface area (Å²) < 4.78 is 5.18. The molecule has 106 valence electrons. The number of nitrogens with one attached hydrogen (secondary N) is 1. The number of likely N-dealkylation sites (N-methyl/N-ethyl adjacent to an activating group) is 1. The predicted octanol–water partition coefficient (Wildman–Crippen LogP) is 0.807. The number of hydrogen-bond acceptors (Lipinski definition) is 6. The molecule has 0 amide bonds. The van der Waals surface area contributed by atoms with Gasteiger partial charge in [0.25, 0.3) is 0 Å². The Labute approximate surface area is 114 Å². The zero-order valence-corrected chi connectivity index (χ0v) is 12.0. The molecule has 0 spiro atoms. The third kappa shape index (κ3) is 3.78. The van der Waals surface area contributed by atoms with Gasteiger partial charge in [-0.15, -0.1) is 0 Å². The summed E-state index contributed by atoms with van der Waals surface area (Å²) >= 11 is 0. The summed E-state index contributed by atoms with van der Waals surface area (Å²) in [5, 5.41) is 3.25. The average molecular weight is 265 g/mol. The van der Waals surface area contributed by atoms with E-state index < -0.39 is 0 Å². The molecule has 1 aromatic rings. The van der Waals surface area contributed by atoms with Crippen LogP contribution in [0.25, 0.3) is 0 Å². The highest BCUT2D eigenvalue weighted by atomic mass is 16.5. The van der Waals surface area contributed by atoms with Gasteiger partial charge < -0.3 is 19.9 Å². The molecule has 1 aliphatic rings. The SMILES string of the molecule is CCNc1cc(COC)nc(N2CCN(C)CC2)n1. The zero-order valence-electron chi connectivity index (χ0n) is 12.0. The average Bonchev–Trinajstić information content (AvgIpc) is 2.40. The molecule has 1 N–H and O–H groups in total. The molecule has 1 fully saturated rings. The lowest BCUT2D eigenvalue weighted by molar-refractivity contribution is 0.181. The van der Waals surface area contributed by atoms with Crippen molar-refractivity contribution in [3.8, 4) is 0 Å². The Bertz CT molecular complexity index is 380. The van der Waals surface area contributed by atoms with Gasteiger partial charge in [0, 0.05) is 45.9 Å². The van der Waals surface area contributed by atoms with Gasteiger partial charge in [-0.1, -0.05) is 0 Å². The topological polar surface area (TPSA) is 53.5 Å². The Morgan fingerprint density at radius 2 is 2.00 bits per heavy atom. The number of ether oxygens (including phenoxy) is 1. The van der Waals surface area contributed by atoms with Crippen LogP contribution in [0.3, 0.4) is 0 Å². The van der Waals surface area contributed by atoms with E-state index in [1.807, 2.05) is 6.07 Å². The molecule has 1 saturated heterocycles. The summed E-state index contributed by atoms with van der Waals surface area (Å²) in [6.07, 6.45) is 0. The number of rotatable bonds is 5. The fraction of sp³-hybridized carbons (Fsp3) is 0.692. The molecule has 19 heavy (non-hydrogen) atoms. The summed E-state index contributed by atoms with van der Waals surface area (Å²) in [6.45, 7) is 7.47. The summed E-state index contributed by atoms with van der Waals surface area (Å²) in [5.41, 5.74) is 0.919. The van der Waals surface area contributed by atoms with Crippen LogP contribution in [0.2, 0.25) is 0 Å². The normalized spacial score (nSPS) is 16.7. The van der Waals surface area contributed by atoms with Crippen LogP contribution < -0.4 is 10.2 Å². The number of anilines is 2. The summed E-state index contributed by atoms with van der Waals surface area (Å²) in [5.74, 6) is 1.68. The molecule has 1 aromatic heterocycles. The number of nitrogens with zero attached hydrogens (tertiary/aromatic N) is 4. The van der Waals surface area contributed by atoms with Gasteiger partial charge in [0.15, 0.2) is 0 Å². The van der Waals surface area contributed by atoms with Crippen molar-refractivity contribution in [1.82, 2.24) is 14.9 Å². The first kappa shape index (κ1) is 14.0. The molecule has 1 aliphatic heterocycles. The Morgan fingerprint density at radius 3 is 2.63 bits per heavy atom. The van der Waals surface area contributed by atoms with Crippen LogP contribution in [0.15, 0.2) is 6.07 Å². The molecule has 0 unspecified atom stereocenters. The summed E-state index contributed by atoms with van der Waals surface area (Å²) in [6, 6.07) is 1.95. The number of hydrogen-bond donors (Lipinski definition) is 1. The lowest BCUT2D eigenvalue weighted by atomic mass is 10.3. The van der Waals surface area contributed by atoms with Crippen LogP contribution in [-0.2, 0) is 11.3 Å². The van der Waals surface area contributed by atoms with E-state index in [0.717, 1.165) is 50.2 Å². The molecular formula is C13H23N5O. The Morgan fingerprint density at radius 1 is 1.26 bits per heavy atom. The molecule has 0 bridgehead atoms. The maximum Gasteiger partial charge on any atom is 0.227 e. The third-order valence-corrected chi connectivity index (χ3v) is 3.20. The largest absolute Gasteiger partial charge is 0.378 e. The molecule has 0 aromatic carbocycles. The minimum atomic E-state index is 0.516. The van der Waals surface area contributed by atoms with Gasteiger partial charge in [0.05, 0.1) is 12.3 Å². The Balaban J connectivity index is 2.17. The van der Waals surface area contributed by atoms with E-state index in [-0.39, 0.29) is 0 Å². The van der Waals surface area contributed by atoms with Crippen LogP contribution in [0.5, 0.6) is 0 Å². The fourth-order valence-electron chi connectivity index (χ4n) is 2.12. The molecule has 6 heteroatoms. The minimum absolute atomic E-state index is 0.516. The number of piperazine rings is 1. The van der Waals surface area contributed by atoms with Crippen molar-refractivity contribution < 1.29 is 4.74 Å². The molecular weight excluding hydrogens is 242 g/mol. The van der Waals surface area contributed by atoms with Gasteiger partial charge in [0.2, 0.25) is 5.95 Å². The van der Waals surface area contributed by atoms with E-state index in [0.29, 0.717) is 6.61 Å². The molecule has 0 aliphatic carbocycles. The van der Waals surface area contributed by atoms with Gasteiger partial charge in [-0.25, -0.2) is 4.98 Å². The maximum atomic E-state index is 5.18. The summed E-state index contributed by atoms with van der Waals surface area (Å²) in [4.78, 5) is 13.7. The highest BCUT2D eigenvalue weighted by Crippen LogP contribution is 2.16. The lowest BCUT2D eigenvalue weighted by Crippen LogP contribution is -2.45. The number of aromatic nitrogens is 2. The molecule has 0 radical (unpaired) electrons. The summed E-state index contributed by atoms with van der Waals surface area (Å²) in [7, 11) is 3.83. The highest BCUT2D eigenvalue weighted by molar-refractivity contribution is 5.44. The number of methoxy groups -OCH3 is 1. The third-order valence-electron chi connectivity index (χ3n) is 3.20. The van der Waals surface area contributed by atoms with Gasteiger partial charge in [0.1, 0.15) is 5.82 Å². The fourth-order valence-corrected chi connectivity index (χ4v) is 2.12. The maximum absolute atomic E-state index is 5.18. The van der Waals surface area contributed by atoms with E-state index in [2.05, 4.69) is 39.1 Å². The first-order chi connectivity index (χ1) is 9.22. The van der Waals surface area contributed by atoms with Crippen LogP contribution in [0, 0.1) is 0 Å². The smallest absolute Gasteiger partial charge is 0.227 e. The van der Waals surface area contributed by atoms with E-state index in [1.54, 1.807) is 7.11 Å². The van der Waals surface area contributed by atoms with Crippen molar-refractivity contribution in [1.29, 1.82) is 0 Å². The van der Waals surface area contributed by atoms with E-state index in [9.17, 15) is 0 Å². The van der Waals surface area contributed by atoms with Gasteiger partial charge in [-0.3, -0.25) is 0 Å². The molecule has 0 saturated carbocycles. The van der Waals surface area contributed by atoms with E-state index in [4.69, 9.17) is 4.74 Å². The molecule has 0 atom stereocenters. The Hall–Kier alpha value is -1.40. The van der Waals surface area contributed by atoms with Crippen LogP contribution >= 0.6 is 0 Å². The van der Waals surface area contributed by atoms with Crippen LogP contribution in [0.1, 0.15) is 12.6 Å². The van der Waals surface area contributed by atoms with Gasteiger partial charge in [-0.2, -0.15) is 4.98 Å². The van der Waals surface area contributed by atoms with Crippen molar-refractivity contribution in [2.75, 3.05) is 57.1 Å². The van der Waals surface area contributed by atoms with Crippen molar-refractivity contribution in [3.63, 3.8) is 0 Å². The Kier molecular flexibility index (Phi) is 4.93. The minimum Gasteiger partial charge on any atom is -0.378 e. The predicted molar refractivity (Wildman–Crippen MR) is 76.6 cm³/mol. The van der Waals surface area contributed by atoms with Crippen LogP contribution in [0.4, 0.5) is 11.8 Å². The first-order valence-electron chi connectivity index (χ1n) is 6.77. The molecule has 6 nitrogen and oxygen atoms in total. The van der Waals surface area contributed by atoms with Gasteiger partial charge in [-0.05, 0) is 14.0 Å². The standard InChI is InChI=1S/C13H23N5O/c1-4-14-12-9-11(10-19-3)15-13(16-12)18-7-5-17(2)6-8-18/h9H,4-8,10H2,1-3H3,(H,14,15,16). The van der Waals surface area contributed by atoms with Crippen LogP contribution in [-0.4, -0.2) is 61.7 Å². The van der Waals surface area contributed by atoms with Gasteiger partial charge >= 0.3 is 0 Å². The zero-order chi connectivity index (χ0) is 13.7. The molecule has 2 heterocycles. The second kappa shape index (κ2) is 6.68. The molecule has 2 rings (SSSR count). The lowest BCUT2D eigenvalue weighted by Gasteiger charge is -2.32. The highest BCUT2D eigenvalue weighted by Gasteiger charge is 2.17. The van der Waals surface area contributed by atoms with Crippen molar-refractivity contribution >= 4 is 11.8 Å². The van der Waals surface area contributed by atoms with Crippen molar-refractivity contribution in [3.05, 3.63) is 11.8 Å². The second-order valence-corrected chi connectivity index (χ2v) is 4.80. The first-order valence-corrected chi connectivity index (χ1v) is 6.77. The van der Waals surface area contributed by atoms with Crippen molar-refractivity contribution in [2.24, 2.45) is 0 Å². The monoisotopic (exact) mass is 265 g/mol. The van der Waals surface area contributed by atoms with E-state index in [1.165, 1.54) is 0 Å². The van der Waals surface area contributed by atoms with E-state index >= 15 is 0 Å². The van der Waals surface area contributed by atoms with Crippen molar-refractivity contribution in [2.45, 2.75) is 13.5 Å².